The van der Waals surface area contributed by atoms with Crippen LogP contribution in [0.2, 0.25) is 0 Å². The van der Waals surface area contributed by atoms with E-state index in [9.17, 15) is 41.9 Å². The highest BCUT2D eigenvalue weighted by atomic mass is 19.4. The first-order valence-electron chi connectivity index (χ1n) is 14.1. The maximum Gasteiger partial charge on any atom is 0.391 e. The van der Waals surface area contributed by atoms with Crippen LogP contribution in [-0.4, -0.2) is 82.9 Å². The molecule has 0 radical (unpaired) electrons. The molecule has 1 aliphatic heterocycles. The summed E-state index contributed by atoms with van der Waals surface area (Å²) >= 11 is 0. The molecule has 0 aromatic rings. The molecule has 6 atom stereocenters. The largest absolute Gasteiger partial charge is 0.458 e. The van der Waals surface area contributed by atoms with Gasteiger partial charge in [-0.05, 0) is 49.9 Å². The molecule has 0 bridgehead atoms. The fourth-order valence-corrected chi connectivity index (χ4v) is 5.54. The van der Waals surface area contributed by atoms with E-state index in [4.69, 9.17) is 10.5 Å². The summed E-state index contributed by atoms with van der Waals surface area (Å²) in [6.07, 6.45) is -6.43. The van der Waals surface area contributed by atoms with E-state index in [1.807, 2.05) is 19.2 Å². The van der Waals surface area contributed by atoms with E-state index < -0.39 is 83.3 Å². The van der Waals surface area contributed by atoms with Crippen molar-refractivity contribution in [1.29, 1.82) is 0 Å². The van der Waals surface area contributed by atoms with Gasteiger partial charge in [0.05, 0.1) is 12.5 Å². The van der Waals surface area contributed by atoms with Crippen molar-refractivity contribution in [3.05, 3.63) is 0 Å². The Morgan fingerprint density at radius 2 is 1.51 bits per heavy atom. The lowest BCUT2D eigenvalue weighted by Gasteiger charge is -2.38. The fraction of sp³-hybridized carbons (Fsp3) is 0.786. The topological polar surface area (TPSA) is 177 Å². The predicted octanol–water partition coefficient (Wildman–Crippen LogP) is 1.80. The number of alkyl halides is 3. The van der Waals surface area contributed by atoms with Crippen LogP contribution in [0.5, 0.6) is 0 Å². The van der Waals surface area contributed by atoms with Gasteiger partial charge in [-0.15, -0.1) is 0 Å². The van der Waals surface area contributed by atoms with Crippen LogP contribution in [0.3, 0.4) is 0 Å². The number of piperidine rings is 1. The molecule has 5 amide bonds. The molecule has 2 aliphatic rings. The molecule has 12 nitrogen and oxygen atoms in total. The lowest BCUT2D eigenvalue weighted by Crippen LogP contribution is -2.62. The third kappa shape index (κ3) is 8.82. The zero-order valence-electron chi connectivity index (χ0n) is 26.1. The highest BCUT2D eigenvalue weighted by Crippen LogP contribution is 2.65. The van der Waals surface area contributed by atoms with Gasteiger partial charge in [0.2, 0.25) is 17.6 Å². The normalized spacial score (nSPS) is 23.3. The number of likely N-dealkylation sites (tertiary alicyclic amines) is 1. The van der Waals surface area contributed by atoms with Gasteiger partial charge in [-0.25, -0.2) is 9.59 Å². The third-order valence-electron chi connectivity index (χ3n) is 7.86. The zero-order chi connectivity index (χ0) is 33.5. The maximum absolute atomic E-state index is 13.9. The van der Waals surface area contributed by atoms with Gasteiger partial charge in [0.1, 0.15) is 23.7 Å². The fourth-order valence-electron chi connectivity index (χ4n) is 5.54. The minimum atomic E-state index is -4.82. The lowest BCUT2D eigenvalue weighted by atomic mass is 9.85. The molecule has 244 valence electrons. The zero-order valence-corrected chi connectivity index (χ0v) is 26.1. The van der Waals surface area contributed by atoms with E-state index in [1.54, 1.807) is 27.7 Å². The molecular formula is C28H44F3N5O7. The SMILES string of the molecule is CCC(NC(=O)[C@@H]1[C@@H]2[C@H](CN1C(=O)[C@@H](NC(=O)NC(CC(F)(F)F)C(=O)OC(C)(C)C)C(C)(C)C)C2(C)C)C(=O)C(N)=O. The molecule has 2 rings (SSSR count). The molecule has 5 N–H and O–H groups in total. The Morgan fingerprint density at radius 3 is 1.95 bits per heavy atom. The number of esters is 1. The number of ketones is 1. The van der Waals surface area contributed by atoms with Gasteiger partial charge in [-0.1, -0.05) is 41.5 Å². The van der Waals surface area contributed by atoms with Gasteiger partial charge in [0.25, 0.3) is 5.91 Å². The van der Waals surface area contributed by atoms with Gasteiger partial charge in [-0.2, -0.15) is 13.2 Å². The van der Waals surface area contributed by atoms with E-state index in [-0.39, 0.29) is 30.2 Å². The molecular weight excluding hydrogens is 575 g/mol. The van der Waals surface area contributed by atoms with Gasteiger partial charge in [0.15, 0.2) is 0 Å². The number of carbonyl (C=O) groups excluding carboxylic acids is 6. The number of fused-ring (bicyclic) bond motifs is 1. The molecule has 1 saturated carbocycles. The number of rotatable bonds is 10. The summed E-state index contributed by atoms with van der Waals surface area (Å²) < 4.78 is 44.8. The average molecular weight is 620 g/mol. The number of nitrogens with zero attached hydrogens (tertiary/aromatic N) is 1. The Bertz CT molecular complexity index is 1140. The molecule has 15 heteroatoms. The maximum atomic E-state index is 13.9. The second kappa shape index (κ2) is 12.3. The number of primary amides is 1. The van der Waals surface area contributed by atoms with Crippen LogP contribution in [0, 0.1) is 22.7 Å². The predicted molar refractivity (Wildman–Crippen MR) is 148 cm³/mol. The highest BCUT2D eigenvalue weighted by molar-refractivity contribution is 6.37. The minimum Gasteiger partial charge on any atom is -0.458 e. The number of hydrogen-bond donors (Lipinski definition) is 4. The van der Waals surface area contributed by atoms with E-state index in [1.165, 1.54) is 25.7 Å². The summed E-state index contributed by atoms with van der Waals surface area (Å²) in [6.45, 7) is 14.8. The Hall–Kier alpha value is -3.39. The van der Waals surface area contributed by atoms with Gasteiger partial charge in [-0.3, -0.25) is 19.2 Å². The minimum absolute atomic E-state index is 0.0723. The summed E-state index contributed by atoms with van der Waals surface area (Å²) in [6, 6.07) is -6.86. The van der Waals surface area contributed by atoms with Gasteiger partial charge in [0, 0.05) is 6.54 Å². The second-order valence-corrected chi connectivity index (χ2v) is 13.9. The van der Waals surface area contributed by atoms with Gasteiger partial charge < -0.3 is 31.3 Å². The molecule has 1 heterocycles. The van der Waals surface area contributed by atoms with Crippen LogP contribution >= 0.6 is 0 Å². The number of Topliss-reactive ketones (excluding diaryl/α,β-unsaturated/α-hetero) is 1. The number of nitrogens with one attached hydrogen (secondary N) is 3. The first kappa shape index (κ1) is 35.8. The second-order valence-electron chi connectivity index (χ2n) is 13.9. The molecule has 1 saturated heterocycles. The van der Waals surface area contributed by atoms with Crippen molar-refractivity contribution < 1.29 is 46.7 Å². The molecule has 1 aliphatic carbocycles. The Morgan fingerprint density at radius 1 is 0.953 bits per heavy atom. The van der Waals surface area contributed by atoms with Crippen LogP contribution in [0.4, 0.5) is 18.0 Å². The molecule has 0 aromatic carbocycles. The van der Waals surface area contributed by atoms with Crippen LogP contribution in [-0.2, 0) is 28.7 Å². The Kier molecular flexibility index (Phi) is 10.2. The van der Waals surface area contributed by atoms with Crippen LogP contribution < -0.4 is 21.7 Å². The molecule has 43 heavy (non-hydrogen) atoms. The summed E-state index contributed by atoms with van der Waals surface area (Å²) in [4.78, 5) is 77.8. The van der Waals surface area contributed by atoms with E-state index >= 15 is 0 Å². The first-order valence-corrected chi connectivity index (χ1v) is 14.1. The molecule has 2 unspecified atom stereocenters. The molecule has 0 aromatic heterocycles. The average Bonchev–Trinajstić information content (AvgIpc) is 3.14. The number of hydrogen-bond acceptors (Lipinski definition) is 7. The lowest BCUT2D eigenvalue weighted by molar-refractivity contribution is -0.170. The van der Waals surface area contributed by atoms with Crippen molar-refractivity contribution >= 4 is 35.5 Å². The molecule has 2 fully saturated rings. The monoisotopic (exact) mass is 619 g/mol. The number of amides is 5. The quantitative estimate of drug-likeness (QED) is 0.213. The number of urea groups is 1. The van der Waals surface area contributed by atoms with Crippen molar-refractivity contribution in [1.82, 2.24) is 20.9 Å². The van der Waals surface area contributed by atoms with Crippen molar-refractivity contribution in [2.45, 2.75) is 111 Å². The van der Waals surface area contributed by atoms with Gasteiger partial charge >= 0.3 is 18.2 Å². The number of ether oxygens (including phenoxy) is 1. The van der Waals surface area contributed by atoms with Crippen LogP contribution in [0.15, 0.2) is 0 Å². The van der Waals surface area contributed by atoms with Crippen molar-refractivity contribution in [3.63, 3.8) is 0 Å². The van der Waals surface area contributed by atoms with Crippen LogP contribution in [0.25, 0.3) is 0 Å². The Balaban J connectivity index is 2.32. The van der Waals surface area contributed by atoms with E-state index in [2.05, 4.69) is 10.6 Å². The summed E-state index contributed by atoms with van der Waals surface area (Å²) in [5.41, 5.74) is 2.68. The van der Waals surface area contributed by atoms with Crippen molar-refractivity contribution in [3.8, 4) is 0 Å². The molecule has 0 spiro atoms. The van der Waals surface area contributed by atoms with E-state index in [0.717, 1.165) is 0 Å². The summed E-state index contributed by atoms with van der Waals surface area (Å²) in [5, 5.41) is 6.91. The Labute approximate surface area is 249 Å². The standard InChI is InChI=1S/C28H44F3N5O7/c1-10-14(18(37)20(32)38)33-21(39)17-16-13(27(16,8)9)12-36(17)22(40)19(25(2,3)4)35-24(42)34-15(11-28(29,30)31)23(41)43-26(5,6)7/h13-17,19H,10-12H2,1-9H3,(H2,32,38)(H,33,39)(H2,34,35,42)/t13-,14?,15?,16-,17-,19+/m0/s1. The van der Waals surface area contributed by atoms with Crippen molar-refractivity contribution in [2.24, 2.45) is 28.4 Å². The summed E-state index contributed by atoms with van der Waals surface area (Å²) in [5.74, 6) is -5.19. The first-order chi connectivity index (χ1) is 19.3. The van der Waals surface area contributed by atoms with Crippen molar-refractivity contribution in [2.75, 3.05) is 6.54 Å². The number of nitrogens with two attached hydrogens (primary N) is 1. The highest BCUT2D eigenvalue weighted by Gasteiger charge is 2.70. The third-order valence-corrected chi connectivity index (χ3v) is 7.86. The summed E-state index contributed by atoms with van der Waals surface area (Å²) in [7, 11) is 0. The smallest absolute Gasteiger partial charge is 0.391 e. The number of carbonyl (C=O) groups is 6. The number of halogens is 3. The van der Waals surface area contributed by atoms with Crippen LogP contribution in [0.1, 0.15) is 75.2 Å². The van der Waals surface area contributed by atoms with E-state index in [0.29, 0.717) is 0 Å².